The van der Waals surface area contributed by atoms with Crippen LogP contribution >= 0.6 is 34.8 Å². The molecule has 2 saturated heterocycles. The van der Waals surface area contributed by atoms with Crippen molar-refractivity contribution in [3.8, 4) is 68.2 Å². The summed E-state index contributed by atoms with van der Waals surface area (Å²) < 4.78 is 50.4. The van der Waals surface area contributed by atoms with Gasteiger partial charge in [-0.2, -0.15) is 0 Å². The molecule has 7 heterocycles. The number of benzene rings is 7. The van der Waals surface area contributed by atoms with Crippen LogP contribution < -0.4 is 51.8 Å². The topological polar surface area (TPSA) is 572 Å². The molecule has 131 heavy (non-hydrogen) atoms. The van der Waals surface area contributed by atoms with Gasteiger partial charge in [0.15, 0.2) is 29.4 Å². The maximum Gasteiger partial charge on any atom is 0.295 e. The number of nitrogens with two attached hydrogens (primary N) is 1. The molecule has 7 aromatic carbocycles. The number of ether oxygens (including phenoxy) is 8. The Morgan fingerprint density at radius 1 is 0.664 bits per heavy atom. The fourth-order valence-corrected chi connectivity index (χ4v) is 18.1. The highest BCUT2D eigenvalue weighted by Gasteiger charge is 2.53. The number of fused-ring (bicyclic) bond motifs is 15. The van der Waals surface area contributed by atoms with E-state index in [0.29, 0.717) is 11.4 Å². The SMILES string of the molecule is CC[C@H](CC(C)C)C(=O)N[C@H]1C(=O)C[C@@H](CC(N)=O)C(=O)N[C@H]2C(=O)C[C@@H]3C(=O)N[C@H](C(=O)N[C@H](OC=O)c4cc(O)c(CNCCO[C@@H]5OC(CO)[C@H](O)[C@H](O)C5O)c(O)c4-c4cc3ccc4O)[C@H](O)c3ccc(c(Cl)c3)Oc3cc2cc(c3O[C@@H]2O[C@H](CO)C(O)C(O)[C@H]2O[C@@H]2C[C@@H](C)[C@@H](O)C(C)(NCc3ccc(-c4ccc(Cl)cc4)cc3)C2)Oc2ccc(cc2Cl)[C@H]1O. The second kappa shape index (κ2) is 42.3. The monoisotopic (exact) mass is 1880 g/mol. The summed E-state index contributed by atoms with van der Waals surface area (Å²) in [6.45, 7) is 6.46. The zero-order valence-corrected chi connectivity index (χ0v) is 73.9. The summed E-state index contributed by atoms with van der Waals surface area (Å²) in [6, 6.07) is 22.3. The van der Waals surface area contributed by atoms with E-state index in [-0.39, 0.29) is 90.1 Å². The second-order valence-corrected chi connectivity index (χ2v) is 35.7. The number of carbonyl (C=O) groups excluding carboxylic acids is 8. The molecule has 704 valence electrons. The highest BCUT2D eigenvalue weighted by atomic mass is 35.5. The van der Waals surface area contributed by atoms with Crippen molar-refractivity contribution in [3.63, 3.8) is 0 Å². The van der Waals surface area contributed by atoms with Crippen LogP contribution in [0.4, 0.5) is 0 Å². The number of aromatic hydroxyl groups is 3. The second-order valence-electron chi connectivity index (χ2n) is 34.4. The minimum atomic E-state index is -2.26. The van der Waals surface area contributed by atoms with Crippen molar-refractivity contribution in [2.24, 2.45) is 29.4 Å². The molecule has 1 aliphatic carbocycles. The molecule has 3 fully saturated rings. The zero-order valence-electron chi connectivity index (χ0n) is 71.7. The van der Waals surface area contributed by atoms with Crippen molar-refractivity contribution < 1.29 is 143 Å². The number of rotatable bonds is 25. The fraction of sp³-hybridized carbons (Fsp3) is 0.457. The first-order valence-electron chi connectivity index (χ1n) is 42.8. The molecule has 7 aromatic rings. The number of nitrogens with one attached hydrogen (secondary N) is 6. The number of primary amides is 1. The predicted molar refractivity (Wildman–Crippen MR) is 467 cm³/mol. The Labute approximate surface area is 766 Å². The van der Waals surface area contributed by atoms with Gasteiger partial charge in [-0.25, -0.2) is 0 Å². The lowest BCUT2D eigenvalue weighted by Gasteiger charge is -2.48. The third kappa shape index (κ3) is 22.0. The number of phenolic OH excluding ortho intramolecular Hbond substituents is 3. The quantitative estimate of drug-likeness (QED) is 0.0255. The van der Waals surface area contributed by atoms with Gasteiger partial charge in [-0.1, -0.05) is 117 Å². The first kappa shape index (κ1) is 98.2. The molecule has 39 heteroatoms. The molecule has 1 saturated carbocycles. The van der Waals surface area contributed by atoms with Crippen molar-refractivity contribution in [2.75, 3.05) is 26.4 Å². The Hall–Kier alpha value is -10.3. The number of Topliss-reactive ketones (excluding diaryl/α,β-unsaturated/α-hetero) is 2. The van der Waals surface area contributed by atoms with Gasteiger partial charge in [-0.3, -0.25) is 38.4 Å². The Kier molecular flexibility index (Phi) is 31.7. The van der Waals surface area contributed by atoms with Crippen LogP contribution in [0.5, 0.6) is 46.0 Å². The Balaban J connectivity index is 0.961. The van der Waals surface area contributed by atoms with Crippen LogP contribution in [-0.4, -0.2) is 232 Å². The lowest BCUT2D eigenvalue weighted by atomic mass is 9.73. The van der Waals surface area contributed by atoms with Gasteiger partial charge in [0, 0.05) is 72.1 Å². The van der Waals surface area contributed by atoms with Crippen LogP contribution in [0.3, 0.4) is 0 Å². The Bertz CT molecular complexity index is 5350. The third-order valence-corrected chi connectivity index (χ3v) is 25.6. The Morgan fingerprint density at radius 3 is 1.89 bits per heavy atom. The van der Waals surface area contributed by atoms with Gasteiger partial charge >= 0.3 is 0 Å². The highest BCUT2D eigenvalue weighted by molar-refractivity contribution is 6.32. The molecule has 23 atom stereocenters. The zero-order chi connectivity index (χ0) is 94.5. The van der Waals surface area contributed by atoms with Crippen LogP contribution in [0.15, 0.2) is 121 Å². The largest absolute Gasteiger partial charge is 0.507 e. The van der Waals surface area contributed by atoms with E-state index in [9.17, 15) is 80.8 Å². The van der Waals surface area contributed by atoms with Gasteiger partial charge in [0.05, 0.1) is 59.5 Å². The van der Waals surface area contributed by atoms with Crippen molar-refractivity contribution >= 4 is 82.4 Å². The number of hydrogen-bond acceptors (Lipinski definition) is 31. The molecule has 5 unspecified atom stereocenters. The van der Waals surface area contributed by atoms with E-state index in [2.05, 4.69) is 31.9 Å². The van der Waals surface area contributed by atoms with Crippen molar-refractivity contribution in [1.82, 2.24) is 31.9 Å². The van der Waals surface area contributed by atoms with Gasteiger partial charge in [0.2, 0.25) is 47.8 Å². The van der Waals surface area contributed by atoms with Crippen molar-refractivity contribution in [1.29, 1.82) is 0 Å². The molecule has 0 spiro atoms. The maximum atomic E-state index is 16.6. The van der Waals surface area contributed by atoms with E-state index >= 15 is 24.0 Å². The smallest absolute Gasteiger partial charge is 0.295 e. The van der Waals surface area contributed by atoms with E-state index in [1.807, 2.05) is 50.2 Å². The average molecular weight is 1880 g/mol. The van der Waals surface area contributed by atoms with Crippen LogP contribution in [0.2, 0.25) is 15.1 Å². The molecular formula is C92H106Cl3N7O29. The lowest BCUT2D eigenvalue weighted by Crippen LogP contribution is -2.64. The third-order valence-electron chi connectivity index (χ3n) is 24.8. The van der Waals surface area contributed by atoms with E-state index in [0.717, 1.165) is 59.2 Å². The first-order valence-corrected chi connectivity index (χ1v) is 43.9. The average Bonchev–Trinajstić information content (AvgIpc) is 0.773. The normalized spacial score (nSPS) is 29.0. The maximum absolute atomic E-state index is 16.6. The minimum absolute atomic E-state index is 0.0425. The summed E-state index contributed by atoms with van der Waals surface area (Å²) in [7, 11) is 0. The van der Waals surface area contributed by atoms with E-state index in [4.69, 9.17) is 78.4 Å². The van der Waals surface area contributed by atoms with Gasteiger partial charge in [0.1, 0.15) is 108 Å². The molecule has 0 radical (unpaired) electrons. The number of carbonyl (C=O) groups is 8. The number of amides is 5. The molecule has 36 nitrogen and oxygen atoms in total. The van der Waals surface area contributed by atoms with Crippen molar-refractivity contribution in [3.05, 3.63) is 175 Å². The van der Waals surface area contributed by atoms with Crippen LogP contribution in [-0.2, 0) is 75.1 Å². The first-order chi connectivity index (χ1) is 62.4. The van der Waals surface area contributed by atoms with Crippen molar-refractivity contribution in [2.45, 2.75) is 214 Å². The molecule has 5 amide bonds. The number of hydrogen-bond donors (Lipinski definition) is 20. The molecule has 15 rings (SSSR count). The molecule has 11 bridgehead atoms. The number of ketones is 2. The summed E-state index contributed by atoms with van der Waals surface area (Å²) in [6.07, 6.45) is -28.1. The van der Waals surface area contributed by atoms with Gasteiger partial charge in [0.25, 0.3) is 6.47 Å². The number of phenols is 3. The van der Waals surface area contributed by atoms with Crippen LogP contribution in [0.25, 0.3) is 22.3 Å². The highest BCUT2D eigenvalue weighted by Crippen LogP contribution is 2.52. The molecular weight excluding hydrogens is 1770 g/mol. The van der Waals surface area contributed by atoms with Gasteiger partial charge in [-0.15, -0.1) is 0 Å². The van der Waals surface area contributed by atoms with Crippen LogP contribution in [0, 0.1) is 23.7 Å². The van der Waals surface area contributed by atoms with E-state index in [1.54, 1.807) is 32.9 Å². The fourth-order valence-electron chi connectivity index (χ4n) is 17.6. The molecule has 8 aliphatic rings. The number of halogens is 3. The summed E-state index contributed by atoms with van der Waals surface area (Å²) in [5.74, 6) is -18.0. The van der Waals surface area contributed by atoms with E-state index < -0.39 is 281 Å². The molecule has 7 aliphatic heterocycles. The van der Waals surface area contributed by atoms with Gasteiger partial charge in [-0.05, 0) is 150 Å². The summed E-state index contributed by atoms with van der Waals surface area (Å²) in [4.78, 5) is 120. The lowest BCUT2D eigenvalue weighted by molar-refractivity contribution is -0.300. The molecule has 21 N–H and O–H groups in total. The van der Waals surface area contributed by atoms with Crippen LogP contribution in [0.1, 0.15) is 149 Å². The number of aliphatic hydroxyl groups is 10. The van der Waals surface area contributed by atoms with Gasteiger partial charge < -0.3 is 142 Å². The summed E-state index contributed by atoms with van der Waals surface area (Å²) >= 11 is 20.7. The molecule has 0 aromatic heterocycles. The predicted octanol–water partition coefficient (Wildman–Crippen LogP) is 5.29. The summed E-state index contributed by atoms with van der Waals surface area (Å²) in [5.41, 5.74) is 4.66. The minimum Gasteiger partial charge on any atom is -0.507 e. The standard InChI is InChI=1S/C92H106Cl3N7O29/c1-6-43(23-40(2)3)85(120)100-72-61(108)28-50(31-69(96)110)86(121)99-71-49-29-65(127-63-19-14-47(74(72)111)26-57(63)94)82(131-91-83(80(117)78(115)68(38-104)130-91)126-52-24-41(4)84(119)92(5,34-52)98-35-42-7-9-44(10-8-42)45-11-16-51(93)17-12-45)66(30-49)128-64-20-15-48(27-58(64)95)75(112)73-88(123)102-89(125-39-105)55-33-60(107)56(36-97-21-22-124-90-81(118)79(116)77(114)67(37-103)129-90)76(113)70(55)54-25-46(13-18-59(54)106)53(32-62(71)109)87(122)101-73/h7-20,25-27,29-30,33,39-41,43,50,52-53,67-68,71-75,77-81,83-84,89-91,97-98,103-104,106-107,111-119H,6,21-24,28,31-32,34-38H2,1-5H3,(H2,96,110)(H,99,121)(H,100,120)(H,101,122)(H,102,123)/t41-,43-,50+,52-,53+,67?,68-,71-,72+,73+,74-,75-,77+,78?,79+,80?,81?,83-,84-,89-,90-,91+,92?/m1/s1. The number of aliphatic hydroxyl groups excluding tert-OH is 10. The van der Waals surface area contributed by atoms with E-state index in [1.165, 1.54) is 30.3 Å². The Morgan fingerprint density at radius 2 is 1.28 bits per heavy atom. The summed E-state index contributed by atoms with van der Waals surface area (Å²) in [5, 5.41) is 167.